The van der Waals surface area contributed by atoms with Crippen molar-refractivity contribution in [1.82, 2.24) is 9.55 Å². The average Bonchev–Trinajstić information content (AvgIpc) is 2.64. The van der Waals surface area contributed by atoms with E-state index in [1.807, 2.05) is 30.5 Å². The molecule has 1 aromatic carbocycles. The minimum atomic E-state index is -0.258. The van der Waals surface area contributed by atoms with Crippen molar-refractivity contribution in [2.75, 3.05) is 7.11 Å². The fraction of sp³-hybridized carbons (Fsp3) is 0.385. The van der Waals surface area contributed by atoms with Gasteiger partial charge in [0.2, 0.25) is 0 Å². The van der Waals surface area contributed by atoms with E-state index >= 15 is 0 Å². The molecule has 2 aromatic rings. The number of carbonyl (C=O) groups excluding carboxylic acids is 1. The number of aryl methyl sites for hydroxylation is 2. The molecule has 0 fully saturated rings. The molecular formula is C13H16N2O2. The van der Waals surface area contributed by atoms with Crippen molar-refractivity contribution in [1.29, 1.82) is 0 Å². The Morgan fingerprint density at radius 2 is 2.24 bits per heavy atom. The number of fused-ring (bicyclic) bond motifs is 1. The third kappa shape index (κ3) is 2.16. The van der Waals surface area contributed by atoms with Gasteiger partial charge in [0.15, 0.2) is 0 Å². The topological polar surface area (TPSA) is 44.1 Å². The molecule has 0 unspecified atom stereocenters. The summed E-state index contributed by atoms with van der Waals surface area (Å²) < 4.78 is 6.73. The summed E-state index contributed by atoms with van der Waals surface area (Å²) in [4.78, 5) is 15.8. The Kier molecular flexibility index (Phi) is 3.13. The van der Waals surface area contributed by atoms with E-state index in [1.165, 1.54) is 12.7 Å². The molecule has 0 aliphatic rings. The number of nitrogens with zero attached hydrogens (tertiary/aromatic N) is 2. The number of hydrogen-bond donors (Lipinski definition) is 0. The molecule has 0 aliphatic carbocycles. The highest BCUT2D eigenvalue weighted by Crippen LogP contribution is 2.18. The van der Waals surface area contributed by atoms with Gasteiger partial charge in [0.25, 0.3) is 0 Å². The van der Waals surface area contributed by atoms with Crippen LogP contribution in [0.1, 0.15) is 18.3 Å². The fourth-order valence-corrected chi connectivity index (χ4v) is 1.98. The molecule has 90 valence electrons. The monoisotopic (exact) mass is 232 g/mol. The zero-order chi connectivity index (χ0) is 12.4. The number of esters is 1. The molecule has 0 aliphatic heterocycles. The van der Waals surface area contributed by atoms with Gasteiger partial charge in [0, 0.05) is 6.54 Å². The predicted molar refractivity (Wildman–Crippen MR) is 65.9 cm³/mol. The molecule has 0 saturated heterocycles. The summed E-state index contributed by atoms with van der Waals surface area (Å²) in [5.74, 6) is 0.506. The second-order valence-electron chi connectivity index (χ2n) is 4.02. The van der Waals surface area contributed by atoms with Crippen molar-refractivity contribution in [2.24, 2.45) is 0 Å². The van der Waals surface area contributed by atoms with Gasteiger partial charge in [-0.1, -0.05) is 6.07 Å². The van der Waals surface area contributed by atoms with Crippen molar-refractivity contribution >= 4 is 17.0 Å². The van der Waals surface area contributed by atoms with Crippen LogP contribution in [0.25, 0.3) is 11.0 Å². The average molecular weight is 232 g/mol. The fourth-order valence-electron chi connectivity index (χ4n) is 1.98. The van der Waals surface area contributed by atoms with Crippen LogP contribution in [0.4, 0.5) is 0 Å². The van der Waals surface area contributed by atoms with Crippen LogP contribution in [0.2, 0.25) is 0 Å². The summed E-state index contributed by atoms with van der Waals surface area (Å²) in [6.45, 7) is 4.87. The molecule has 0 amide bonds. The van der Waals surface area contributed by atoms with E-state index in [9.17, 15) is 4.79 Å². The Morgan fingerprint density at radius 1 is 1.47 bits per heavy atom. The third-order valence-electron chi connectivity index (χ3n) is 2.83. The Balaban J connectivity index is 2.51. The van der Waals surface area contributed by atoms with Crippen LogP contribution < -0.4 is 0 Å². The first kappa shape index (κ1) is 11.6. The van der Waals surface area contributed by atoms with E-state index in [2.05, 4.69) is 15.8 Å². The Bertz CT molecular complexity index is 558. The minimum absolute atomic E-state index is 0.220. The van der Waals surface area contributed by atoms with E-state index in [4.69, 9.17) is 0 Å². The van der Waals surface area contributed by atoms with Gasteiger partial charge in [0.05, 0.1) is 18.1 Å². The Hall–Kier alpha value is -1.84. The molecule has 17 heavy (non-hydrogen) atoms. The largest absolute Gasteiger partial charge is 0.469 e. The van der Waals surface area contributed by atoms with Gasteiger partial charge >= 0.3 is 5.97 Å². The predicted octanol–water partition coefficient (Wildman–Crippen LogP) is 2.08. The molecule has 0 radical (unpaired) electrons. The summed E-state index contributed by atoms with van der Waals surface area (Å²) >= 11 is 0. The van der Waals surface area contributed by atoms with Crippen LogP contribution in [0.3, 0.4) is 0 Å². The highest BCUT2D eigenvalue weighted by Gasteiger charge is 2.13. The molecule has 0 saturated carbocycles. The molecule has 0 spiro atoms. The highest BCUT2D eigenvalue weighted by molar-refractivity contribution is 5.79. The number of ether oxygens (including phenoxy) is 1. The van der Waals surface area contributed by atoms with Crippen LogP contribution in [0, 0.1) is 6.92 Å². The number of rotatable bonds is 3. The lowest BCUT2D eigenvalue weighted by atomic mass is 10.2. The molecule has 4 heteroatoms. The summed E-state index contributed by atoms with van der Waals surface area (Å²) in [5.41, 5.74) is 3.17. The summed E-state index contributed by atoms with van der Waals surface area (Å²) in [6.07, 6.45) is 0.220. The van der Waals surface area contributed by atoms with Crippen LogP contribution in [0.5, 0.6) is 0 Å². The molecule has 0 bridgehead atoms. The zero-order valence-electron chi connectivity index (χ0n) is 10.4. The summed E-state index contributed by atoms with van der Waals surface area (Å²) in [6, 6.07) is 6.13. The lowest BCUT2D eigenvalue weighted by Crippen LogP contribution is -2.10. The standard InChI is InChI=1S/C13H16N2O2/c1-4-15-11-6-5-9(2)7-10(11)14-12(15)8-13(16)17-3/h5-7H,4,8H2,1-3H3. The number of hydrogen-bond acceptors (Lipinski definition) is 3. The van der Waals surface area contributed by atoms with Crippen LogP contribution >= 0.6 is 0 Å². The van der Waals surface area contributed by atoms with E-state index in [0.717, 1.165) is 23.4 Å². The SMILES string of the molecule is CCn1c(CC(=O)OC)nc2cc(C)ccc21. The van der Waals surface area contributed by atoms with Crippen LogP contribution in [-0.4, -0.2) is 22.6 Å². The van der Waals surface area contributed by atoms with Crippen LogP contribution in [-0.2, 0) is 22.5 Å². The minimum Gasteiger partial charge on any atom is -0.469 e. The lowest BCUT2D eigenvalue weighted by Gasteiger charge is -2.04. The van der Waals surface area contributed by atoms with Crippen molar-refractivity contribution in [3.05, 3.63) is 29.6 Å². The molecule has 1 heterocycles. The van der Waals surface area contributed by atoms with Gasteiger partial charge in [0.1, 0.15) is 12.2 Å². The van der Waals surface area contributed by atoms with Gasteiger partial charge in [-0.15, -0.1) is 0 Å². The molecule has 1 aromatic heterocycles. The first-order valence-electron chi connectivity index (χ1n) is 5.68. The number of methoxy groups -OCH3 is 1. The third-order valence-corrected chi connectivity index (χ3v) is 2.83. The number of benzene rings is 1. The summed E-state index contributed by atoms with van der Waals surface area (Å²) in [7, 11) is 1.39. The summed E-state index contributed by atoms with van der Waals surface area (Å²) in [5, 5.41) is 0. The molecular weight excluding hydrogens is 216 g/mol. The number of aromatic nitrogens is 2. The van der Waals surface area contributed by atoms with Gasteiger partial charge in [-0.25, -0.2) is 4.98 Å². The molecule has 0 N–H and O–H groups in total. The lowest BCUT2D eigenvalue weighted by molar-refractivity contribution is -0.139. The normalized spacial score (nSPS) is 10.8. The molecule has 2 rings (SSSR count). The molecule has 0 atom stereocenters. The van der Waals surface area contributed by atoms with E-state index < -0.39 is 0 Å². The first-order valence-corrected chi connectivity index (χ1v) is 5.68. The maximum Gasteiger partial charge on any atom is 0.313 e. The van der Waals surface area contributed by atoms with Crippen molar-refractivity contribution < 1.29 is 9.53 Å². The van der Waals surface area contributed by atoms with Crippen LogP contribution in [0.15, 0.2) is 18.2 Å². The van der Waals surface area contributed by atoms with Gasteiger partial charge < -0.3 is 9.30 Å². The van der Waals surface area contributed by atoms with Crippen molar-refractivity contribution in [2.45, 2.75) is 26.8 Å². The maximum absolute atomic E-state index is 11.3. The quantitative estimate of drug-likeness (QED) is 0.761. The van der Waals surface area contributed by atoms with E-state index in [0.29, 0.717) is 0 Å². The van der Waals surface area contributed by atoms with E-state index in [-0.39, 0.29) is 12.4 Å². The maximum atomic E-state index is 11.3. The first-order chi connectivity index (χ1) is 8.15. The second-order valence-corrected chi connectivity index (χ2v) is 4.02. The van der Waals surface area contributed by atoms with Crippen molar-refractivity contribution in [3.8, 4) is 0 Å². The van der Waals surface area contributed by atoms with Gasteiger partial charge in [-0.05, 0) is 31.5 Å². The van der Waals surface area contributed by atoms with Gasteiger partial charge in [-0.3, -0.25) is 4.79 Å². The Morgan fingerprint density at radius 3 is 2.88 bits per heavy atom. The van der Waals surface area contributed by atoms with E-state index in [1.54, 1.807) is 0 Å². The highest BCUT2D eigenvalue weighted by atomic mass is 16.5. The number of imidazole rings is 1. The Labute approximate surface area is 100 Å². The second kappa shape index (κ2) is 4.57. The smallest absolute Gasteiger partial charge is 0.313 e. The zero-order valence-corrected chi connectivity index (χ0v) is 10.4. The van der Waals surface area contributed by atoms with Crippen molar-refractivity contribution in [3.63, 3.8) is 0 Å². The van der Waals surface area contributed by atoms with Gasteiger partial charge in [-0.2, -0.15) is 0 Å². The number of carbonyl (C=O) groups is 1. The molecule has 4 nitrogen and oxygen atoms in total.